The number of benzene rings is 1. The quantitative estimate of drug-likeness (QED) is 0.373. The number of aryl methyl sites for hydroxylation is 1. The fraction of sp³-hybridized carbons (Fsp3) is 0.462. The van der Waals surface area contributed by atoms with Gasteiger partial charge in [0.05, 0.1) is 31.4 Å². The minimum absolute atomic E-state index is 0.102. The molecule has 204 valence electrons. The number of methoxy groups -OCH3 is 1. The first-order chi connectivity index (χ1) is 19.0. The van der Waals surface area contributed by atoms with Crippen LogP contribution >= 0.6 is 0 Å². The van der Waals surface area contributed by atoms with E-state index in [-0.39, 0.29) is 17.6 Å². The SMILES string of the molecule is CCC(=O)N1CCN(C(=O)c2nc3c(N4CCOCC4)nc(-n4c(OC)nc5ccccc54)nc3n2C)CC1. The second-order valence-corrected chi connectivity index (χ2v) is 9.56. The summed E-state index contributed by atoms with van der Waals surface area (Å²) < 4.78 is 14.7. The van der Waals surface area contributed by atoms with Crippen LogP contribution in [0.15, 0.2) is 24.3 Å². The maximum atomic E-state index is 13.6. The lowest BCUT2D eigenvalue weighted by Crippen LogP contribution is -2.50. The molecule has 0 radical (unpaired) electrons. The van der Waals surface area contributed by atoms with Crippen LogP contribution in [0.1, 0.15) is 24.0 Å². The molecule has 2 fully saturated rings. The number of imidazole rings is 2. The van der Waals surface area contributed by atoms with Crippen molar-refractivity contribution in [3.63, 3.8) is 0 Å². The molecule has 0 spiro atoms. The summed E-state index contributed by atoms with van der Waals surface area (Å²) in [6.45, 7) is 6.20. The molecule has 2 saturated heterocycles. The number of aromatic nitrogens is 6. The maximum absolute atomic E-state index is 13.6. The molecule has 0 saturated carbocycles. The molecule has 13 heteroatoms. The summed E-state index contributed by atoms with van der Waals surface area (Å²) in [5.74, 6) is 1.20. The van der Waals surface area contributed by atoms with E-state index < -0.39 is 0 Å². The zero-order valence-electron chi connectivity index (χ0n) is 22.3. The molecule has 13 nitrogen and oxygen atoms in total. The number of fused-ring (bicyclic) bond motifs is 2. The van der Waals surface area contributed by atoms with E-state index in [4.69, 9.17) is 24.4 Å². The number of anilines is 1. The largest absolute Gasteiger partial charge is 0.468 e. The van der Waals surface area contributed by atoms with Gasteiger partial charge in [-0.15, -0.1) is 0 Å². The minimum atomic E-state index is -0.195. The van der Waals surface area contributed by atoms with Gasteiger partial charge in [-0.05, 0) is 12.1 Å². The number of hydrogen-bond donors (Lipinski definition) is 0. The second-order valence-electron chi connectivity index (χ2n) is 9.56. The molecule has 39 heavy (non-hydrogen) atoms. The van der Waals surface area contributed by atoms with Crippen molar-refractivity contribution >= 4 is 39.8 Å². The van der Waals surface area contributed by atoms with E-state index in [2.05, 4.69) is 9.88 Å². The van der Waals surface area contributed by atoms with Gasteiger partial charge in [0.2, 0.25) is 17.7 Å². The normalized spacial score (nSPS) is 16.3. The Morgan fingerprint density at radius 3 is 2.38 bits per heavy atom. The van der Waals surface area contributed by atoms with E-state index in [1.807, 2.05) is 31.2 Å². The number of amides is 2. The first-order valence-corrected chi connectivity index (χ1v) is 13.2. The van der Waals surface area contributed by atoms with Crippen LogP contribution in [0.4, 0.5) is 5.82 Å². The molecule has 0 N–H and O–H groups in total. The van der Waals surface area contributed by atoms with Gasteiger partial charge in [-0.25, -0.2) is 9.55 Å². The maximum Gasteiger partial charge on any atom is 0.304 e. The molecule has 6 rings (SSSR count). The summed E-state index contributed by atoms with van der Waals surface area (Å²) in [5.41, 5.74) is 2.64. The Bertz CT molecular complexity index is 1550. The molecule has 0 unspecified atom stereocenters. The summed E-state index contributed by atoms with van der Waals surface area (Å²) in [6, 6.07) is 8.05. The lowest BCUT2D eigenvalue weighted by atomic mass is 10.2. The highest BCUT2D eigenvalue weighted by molar-refractivity contribution is 5.97. The molecule has 4 aromatic rings. The van der Waals surface area contributed by atoms with Crippen molar-refractivity contribution in [3.8, 4) is 12.0 Å². The lowest BCUT2D eigenvalue weighted by Gasteiger charge is -2.34. The van der Waals surface area contributed by atoms with Crippen LogP contribution in [-0.4, -0.2) is 110 Å². The van der Waals surface area contributed by atoms with Crippen LogP contribution in [0.2, 0.25) is 0 Å². The summed E-state index contributed by atoms with van der Waals surface area (Å²) in [6.07, 6.45) is 0.459. The van der Waals surface area contributed by atoms with E-state index in [0.717, 1.165) is 11.0 Å². The van der Waals surface area contributed by atoms with Gasteiger partial charge in [-0.2, -0.15) is 15.0 Å². The zero-order valence-corrected chi connectivity index (χ0v) is 22.3. The van der Waals surface area contributed by atoms with E-state index >= 15 is 0 Å². The molecule has 0 bridgehead atoms. The Balaban J connectivity index is 1.45. The smallest absolute Gasteiger partial charge is 0.304 e. The molecule has 0 atom stereocenters. The van der Waals surface area contributed by atoms with Gasteiger partial charge in [0.15, 0.2) is 17.0 Å². The molecular formula is C26H31N9O4. The summed E-state index contributed by atoms with van der Waals surface area (Å²) in [7, 11) is 3.36. The van der Waals surface area contributed by atoms with E-state index in [1.165, 1.54) is 0 Å². The fourth-order valence-corrected chi connectivity index (χ4v) is 5.18. The predicted octanol–water partition coefficient (Wildman–Crippen LogP) is 1.24. The Kier molecular flexibility index (Phi) is 6.51. The summed E-state index contributed by atoms with van der Waals surface area (Å²) in [5, 5.41) is 0. The van der Waals surface area contributed by atoms with Gasteiger partial charge in [0, 0.05) is 52.7 Å². The van der Waals surface area contributed by atoms with Gasteiger partial charge in [0.25, 0.3) is 5.91 Å². The molecule has 0 aliphatic carbocycles. The highest BCUT2D eigenvalue weighted by Crippen LogP contribution is 2.30. The Morgan fingerprint density at radius 1 is 0.949 bits per heavy atom. The zero-order chi connectivity index (χ0) is 27.1. The van der Waals surface area contributed by atoms with Crippen molar-refractivity contribution in [3.05, 3.63) is 30.1 Å². The molecule has 2 aliphatic heterocycles. The van der Waals surface area contributed by atoms with Crippen LogP contribution in [0, 0.1) is 0 Å². The highest BCUT2D eigenvalue weighted by Gasteiger charge is 2.30. The minimum Gasteiger partial charge on any atom is -0.468 e. The number of nitrogens with zero attached hydrogens (tertiary/aromatic N) is 9. The predicted molar refractivity (Wildman–Crippen MR) is 143 cm³/mol. The van der Waals surface area contributed by atoms with Crippen molar-refractivity contribution in [1.82, 2.24) is 38.9 Å². The molecule has 3 aromatic heterocycles. The topological polar surface area (TPSA) is 124 Å². The first kappa shape index (κ1) is 25.0. The van der Waals surface area contributed by atoms with Gasteiger partial charge in [0.1, 0.15) is 0 Å². The number of ether oxygens (including phenoxy) is 2. The average molecular weight is 534 g/mol. The van der Waals surface area contributed by atoms with Crippen LogP contribution in [0.3, 0.4) is 0 Å². The average Bonchev–Trinajstić information content (AvgIpc) is 3.54. The molecule has 2 amide bonds. The Morgan fingerprint density at radius 2 is 1.67 bits per heavy atom. The van der Waals surface area contributed by atoms with Gasteiger partial charge in [-0.1, -0.05) is 19.1 Å². The number of rotatable bonds is 5. The third kappa shape index (κ3) is 4.32. The number of piperazine rings is 1. The number of carbonyl (C=O) groups is 2. The van der Waals surface area contributed by atoms with Crippen molar-refractivity contribution in [1.29, 1.82) is 0 Å². The standard InChI is InChI=1S/C26H31N9O4/c1-4-19(36)32-9-11-34(12-10-32)24(37)23-28-20-21(31(23)2)29-25(30-22(20)33-13-15-39-16-14-33)35-18-8-6-5-7-17(18)27-26(35)38-3/h5-8H,4,9-16H2,1-3H3. The fourth-order valence-electron chi connectivity index (χ4n) is 5.18. The van der Waals surface area contributed by atoms with Crippen molar-refractivity contribution in [2.75, 3.05) is 64.5 Å². The van der Waals surface area contributed by atoms with Gasteiger partial charge < -0.3 is 28.7 Å². The molecule has 5 heterocycles. The molecule has 1 aromatic carbocycles. The third-order valence-electron chi connectivity index (χ3n) is 7.33. The first-order valence-electron chi connectivity index (χ1n) is 13.2. The second kappa shape index (κ2) is 10.1. The lowest BCUT2D eigenvalue weighted by molar-refractivity contribution is -0.132. The third-order valence-corrected chi connectivity index (χ3v) is 7.33. The monoisotopic (exact) mass is 533 g/mol. The van der Waals surface area contributed by atoms with Crippen LogP contribution in [-0.2, 0) is 16.6 Å². The van der Waals surface area contributed by atoms with Crippen molar-refractivity contribution in [2.45, 2.75) is 13.3 Å². The summed E-state index contributed by atoms with van der Waals surface area (Å²) >= 11 is 0. The molecule has 2 aliphatic rings. The molecular weight excluding hydrogens is 502 g/mol. The Hall–Kier alpha value is -4.26. The highest BCUT2D eigenvalue weighted by atomic mass is 16.5. The number of morpholine rings is 1. The number of para-hydroxylation sites is 2. The number of hydrogen-bond acceptors (Lipinski definition) is 9. The van der Waals surface area contributed by atoms with Gasteiger partial charge in [-0.3, -0.25) is 9.59 Å². The van der Waals surface area contributed by atoms with E-state index in [1.54, 1.807) is 33.1 Å². The van der Waals surface area contributed by atoms with E-state index in [9.17, 15) is 9.59 Å². The number of carbonyl (C=O) groups excluding carboxylic acids is 2. The van der Waals surface area contributed by atoms with Crippen LogP contribution < -0.4 is 9.64 Å². The van der Waals surface area contributed by atoms with Crippen molar-refractivity contribution < 1.29 is 19.1 Å². The summed E-state index contributed by atoms with van der Waals surface area (Å²) in [4.78, 5) is 50.6. The Labute approximate surface area is 224 Å². The van der Waals surface area contributed by atoms with E-state index in [0.29, 0.717) is 87.8 Å². The van der Waals surface area contributed by atoms with Crippen LogP contribution in [0.5, 0.6) is 6.01 Å². The van der Waals surface area contributed by atoms with Crippen molar-refractivity contribution in [2.24, 2.45) is 7.05 Å². The van der Waals surface area contributed by atoms with Gasteiger partial charge >= 0.3 is 6.01 Å². The van der Waals surface area contributed by atoms with Crippen LogP contribution in [0.25, 0.3) is 28.1 Å².